The molecule has 1 atom stereocenters. The Hall–Kier alpha value is -3.50. The van der Waals surface area contributed by atoms with E-state index in [1.165, 1.54) is 6.21 Å². The van der Waals surface area contributed by atoms with Crippen molar-refractivity contribution in [2.24, 2.45) is 5.10 Å². The summed E-state index contributed by atoms with van der Waals surface area (Å²) in [6.07, 6.45) is 1.52. The Morgan fingerprint density at radius 1 is 1.05 bits per heavy atom. The molecule has 0 aliphatic carbocycles. The lowest BCUT2D eigenvalue weighted by atomic mass is 10.1. The van der Waals surface area contributed by atoms with Crippen molar-refractivity contribution >= 4 is 68.9 Å². The number of thioether (sulfide) groups is 1. The maximum atomic E-state index is 12.8. The highest BCUT2D eigenvalue weighted by atomic mass is 79.9. The molecule has 1 saturated heterocycles. The molecule has 4 aromatic carbocycles. The number of halogens is 3. The van der Waals surface area contributed by atoms with Crippen molar-refractivity contribution in [1.29, 1.82) is 0 Å². The van der Waals surface area contributed by atoms with Gasteiger partial charge in [-0.2, -0.15) is 5.10 Å². The summed E-state index contributed by atoms with van der Waals surface area (Å²) in [6.45, 7) is 0.800. The molecule has 5 rings (SSSR count). The van der Waals surface area contributed by atoms with Crippen LogP contribution in [0.2, 0.25) is 10.0 Å². The highest BCUT2D eigenvalue weighted by Crippen LogP contribution is 2.40. The second kappa shape index (κ2) is 14.3. The molecule has 0 unspecified atom stereocenters. The van der Waals surface area contributed by atoms with Crippen LogP contribution >= 0.6 is 50.9 Å². The van der Waals surface area contributed by atoms with Gasteiger partial charge >= 0.3 is 0 Å². The third kappa shape index (κ3) is 7.72. The Morgan fingerprint density at radius 2 is 1.81 bits per heavy atom. The highest BCUT2D eigenvalue weighted by Gasteiger charge is 2.32. The Kier molecular flexibility index (Phi) is 10.3. The van der Waals surface area contributed by atoms with Gasteiger partial charge in [-0.1, -0.05) is 71.7 Å². The monoisotopic (exact) mass is 697 g/mol. The number of hydrogen-bond donors (Lipinski definition) is 1. The normalized spacial score (nSPS) is 14.7. The number of nitrogens with one attached hydrogen (secondary N) is 1. The predicted octanol–water partition coefficient (Wildman–Crippen LogP) is 7.88. The van der Waals surface area contributed by atoms with Gasteiger partial charge in [0.2, 0.25) is 5.91 Å². The Morgan fingerprint density at radius 3 is 2.53 bits per heavy atom. The van der Waals surface area contributed by atoms with Crippen molar-refractivity contribution in [3.8, 4) is 11.5 Å². The molecule has 220 valence electrons. The van der Waals surface area contributed by atoms with Gasteiger partial charge in [0, 0.05) is 12.1 Å². The van der Waals surface area contributed by atoms with Crippen LogP contribution in [0.15, 0.2) is 94.5 Å². The van der Waals surface area contributed by atoms with E-state index < -0.39 is 0 Å². The molecule has 0 bridgehead atoms. The molecular weight excluding hydrogens is 673 g/mol. The predicted molar refractivity (Wildman–Crippen MR) is 175 cm³/mol. The molecule has 4 aromatic rings. The number of amides is 2. The van der Waals surface area contributed by atoms with Gasteiger partial charge in [-0.25, -0.2) is 5.43 Å². The average Bonchev–Trinajstić information content (AvgIpc) is 3.38. The van der Waals surface area contributed by atoms with Crippen molar-refractivity contribution in [2.75, 3.05) is 12.9 Å². The van der Waals surface area contributed by atoms with E-state index in [1.807, 2.05) is 53.4 Å². The van der Waals surface area contributed by atoms with Crippen LogP contribution in [-0.4, -0.2) is 35.8 Å². The zero-order valence-electron chi connectivity index (χ0n) is 22.9. The molecule has 1 aliphatic heterocycles. The van der Waals surface area contributed by atoms with Crippen LogP contribution in [0.4, 0.5) is 0 Å². The first-order chi connectivity index (χ1) is 20.8. The van der Waals surface area contributed by atoms with E-state index in [4.69, 9.17) is 32.7 Å². The maximum absolute atomic E-state index is 12.8. The topological polar surface area (TPSA) is 80.2 Å². The minimum Gasteiger partial charge on any atom is -0.493 e. The summed E-state index contributed by atoms with van der Waals surface area (Å²) in [6, 6.07) is 26.0. The zero-order chi connectivity index (χ0) is 30.3. The second-order valence-corrected chi connectivity index (χ2v) is 12.3. The molecule has 0 radical (unpaired) electrons. The molecule has 0 aromatic heterocycles. The Bertz CT molecular complexity index is 1650. The molecule has 1 N–H and O–H groups in total. The van der Waals surface area contributed by atoms with Crippen LogP contribution in [0.5, 0.6) is 11.5 Å². The molecule has 11 heteroatoms. The minimum absolute atomic E-state index is 0.101. The lowest BCUT2D eigenvalue weighted by molar-refractivity contribution is -0.128. The van der Waals surface area contributed by atoms with E-state index in [1.54, 1.807) is 55.3 Å². The number of carbonyl (C=O) groups excluding carboxylic acids is 2. The van der Waals surface area contributed by atoms with Crippen molar-refractivity contribution < 1.29 is 19.1 Å². The van der Waals surface area contributed by atoms with Crippen LogP contribution in [0.1, 0.15) is 38.0 Å². The zero-order valence-corrected chi connectivity index (χ0v) is 26.8. The van der Waals surface area contributed by atoms with Gasteiger partial charge in [-0.05, 0) is 74.6 Å². The number of hydrogen-bond acceptors (Lipinski definition) is 6. The van der Waals surface area contributed by atoms with Gasteiger partial charge in [-0.3, -0.25) is 9.59 Å². The summed E-state index contributed by atoms with van der Waals surface area (Å²) in [5, 5.41) is 4.94. The summed E-state index contributed by atoms with van der Waals surface area (Å²) in [4.78, 5) is 27.2. The SMILES string of the molecule is COc1cc(/C=N\NC(=O)c2ccc([C@@H]3SCC(=O)N3Cc3ccccc3)cc2)cc(Br)c1OCc1ccc(Cl)c(Cl)c1. The van der Waals surface area contributed by atoms with E-state index in [0.29, 0.717) is 49.4 Å². The summed E-state index contributed by atoms with van der Waals surface area (Å²) < 4.78 is 12.1. The van der Waals surface area contributed by atoms with Crippen LogP contribution in [-0.2, 0) is 17.9 Å². The number of nitrogens with zero attached hydrogens (tertiary/aromatic N) is 2. The lowest BCUT2D eigenvalue weighted by Crippen LogP contribution is -2.27. The highest BCUT2D eigenvalue weighted by molar-refractivity contribution is 9.10. The molecule has 1 heterocycles. The number of carbonyl (C=O) groups is 2. The molecule has 2 amide bonds. The van der Waals surface area contributed by atoms with Gasteiger partial charge < -0.3 is 14.4 Å². The molecule has 1 aliphatic rings. The van der Waals surface area contributed by atoms with E-state index in [9.17, 15) is 9.59 Å². The maximum Gasteiger partial charge on any atom is 0.271 e. The number of ether oxygens (including phenoxy) is 2. The molecular formula is C32H26BrCl2N3O4S. The van der Waals surface area contributed by atoms with E-state index >= 15 is 0 Å². The molecule has 0 saturated carbocycles. The van der Waals surface area contributed by atoms with E-state index in [2.05, 4.69) is 26.5 Å². The van der Waals surface area contributed by atoms with Gasteiger partial charge in [-0.15, -0.1) is 11.8 Å². The summed E-state index contributed by atoms with van der Waals surface area (Å²) in [5.74, 6) is 1.18. The van der Waals surface area contributed by atoms with E-state index in [0.717, 1.165) is 16.7 Å². The van der Waals surface area contributed by atoms with Crippen molar-refractivity contribution in [3.05, 3.63) is 127 Å². The molecule has 1 fully saturated rings. The van der Waals surface area contributed by atoms with E-state index in [-0.39, 0.29) is 23.8 Å². The summed E-state index contributed by atoms with van der Waals surface area (Å²) in [7, 11) is 1.54. The van der Waals surface area contributed by atoms with Crippen molar-refractivity contribution in [3.63, 3.8) is 0 Å². The Labute approximate surface area is 272 Å². The van der Waals surface area contributed by atoms with Gasteiger partial charge in [0.15, 0.2) is 11.5 Å². The second-order valence-electron chi connectivity index (χ2n) is 9.56. The number of hydrazone groups is 1. The lowest BCUT2D eigenvalue weighted by Gasteiger charge is -2.24. The summed E-state index contributed by atoms with van der Waals surface area (Å²) in [5.41, 5.74) is 6.59. The fraction of sp³-hybridized carbons (Fsp3) is 0.156. The Balaban J connectivity index is 1.20. The third-order valence-electron chi connectivity index (χ3n) is 6.62. The minimum atomic E-state index is -0.355. The molecule has 0 spiro atoms. The van der Waals surface area contributed by atoms with Gasteiger partial charge in [0.1, 0.15) is 12.0 Å². The standard InChI is InChI=1S/C32H26BrCl2N3O4S/c1-41-28-15-22(13-25(33)30(28)42-18-21-7-12-26(34)27(35)14-21)16-36-37-31(40)23-8-10-24(11-9-23)32-38(29(39)19-43-32)17-20-5-3-2-4-6-20/h2-16,32H,17-19H2,1H3,(H,37,40)/b36-16-/t32-/m0/s1. The first kappa shape index (κ1) is 30.9. The summed E-state index contributed by atoms with van der Waals surface area (Å²) >= 11 is 17.2. The van der Waals surface area contributed by atoms with Crippen molar-refractivity contribution in [1.82, 2.24) is 10.3 Å². The number of benzene rings is 4. The fourth-order valence-electron chi connectivity index (χ4n) is 4.45. The molecule has 7 nitrogen and oxygen atoms in total. The third-order valence-corrected chi connectivity index (χ3v) is 9.20. The first-order valence-electron chi connectivity index (χ1n) is 13.1. The quantitative estimate of drug-likeness (QED) is 0.135. The van der Waals surface area contributed by atoms with Crippen LogP contribution in [0.3, 0.4) is 0 Å². The van der Waals surface area contributed by atoms with Crippen LogP contribution in [0, 0.1) is 0 Å². The van der Waals surface area contributed by atoms with Crippen LogP contribution in [0.25, 0.3) is 0 Å². The fourth-order valence-corrected chi connectivity index (χ4v) is 6.53. The molecule has 43 heavy (non-hydrogen) atoms. The van der Waals surface area contributed by atoms with Gasteiger partial charge in [0.25, 0.3) is 5.91 Å². The first-order valence-corrected chi connectivity index (χ1v) is 15.7. The van der Waals surface area contributed by atoms with Crippen LogP contribution < -0.4 is 14.9 Å². The number of methoxy groups -OCH3 is 1. The average molecular weight is 699 g/mol. The smallest absolute Gasteiger partial charge is 0.271 e. The van der Waals surface area contributed by atoms with Crippen molar-refractivity contribution in [2.45, 2.75) is 18.5 Å². The largest absolute Gasteiger partial charge is 0.493 e. The number of rotatable bonds is 10. The van der Waals surface area contributed by atoms with Gasteiger partial charge in [0.05, 0.1) is 33.6 Å².